The summed E-state index contributed by atoms with van der Waals surface area (Å²) in [5.74, 6) is 1.88. The molecule has 0 heterocycles. The van der Waals surface area contributed by atoms with Gasteiger partial charge in [-0.1, -0.05) is 167 Å². The zero-order valence-corrected chi connectivity index (χ0v) is 23.2. The van der Waals surface area contributed by atoms with Crippen LogP contribution in [0.15, 0.2) is 12.2 Å². The highest BCUT2D eigenvalue weighted by molar-refractivity contribution is 5.15. The number of hydrogen-bond acceptors (Lipinski definition) is 0. The molecular weight excluding hydrogens is 396 g/mol. The lowest BCUT2D eigenvalue weighted by molar-refractivity contribution is 0.175. The van der Waals surface area contributed by atoms with Gasteiger partial charge in [-0.2, -0.15) is 0 Å². The number of rotatable bonds is 24. The fourth-order valence-corrected chi connectivity index (χ4v) is 7.04. The summed E-state index contributed by atoms with van der Waals surface area (Å²) in [7, 11) is 0. The van der Waals surface area contributed by atoms with E-state index in [9.17, 15) is 0 Å². The molecular formula is C33H62. The molecule has 2 bridgehead atoms. The molecule has 0 N–H and O–H groups in total. The van der Waals surface area contributed by atoms with E-state index < -0.39 is 0 Å². The summed E-state index contributed by atoms with van der Waals surface area (Å²) in [6.07, 6.45) is 43.7. The molecule has 3 atom stereocenters. The Labute approximate surface area is 210 Å². The maximum absolute atomic E-state index is 2.62. The quantitative estimate of drug-likeness (QED) is 0.0996. The van der Waals surface area contributed by atoms with Gasteiger partial charge in [0.05, 0.1) is 0 Å². The van der Waals surface area contributed by atoms with E-state index in [2.05, 4.69) is 26.0 Å². The van der Waals surface area contributed by atoms with E-state index in [1.807, 2.05) is 0 Å². The molecule has 194 valence electrons. The molecule has 3 unspecified atom stereocenters. The fourth-order valence-electron chi connectivity index (χ4n) is 7.04. The average Bonchev–Trinajstić information content (AvgIpc) is 3.43. The van der Waals surface area contributed by atoms with E-state index in [0.717, 1.165) is 11.8 Å². The van der Waals surface area contributed by atoms with Crippen LogP contribution in [0, 0.1) is 17.3 Å². The van der Waals surface area contributed by atoms with Gasteiger partial charge in [-0.15, -0.1) is 0 Å². The molecule has 0 saturated heterocycles. The Hall–Kier alpha value is -0.260. The maximum Gasteiger partial charge on any atom is -0.0171 e. The molecule has 0 amide bonds. The first-order chi connectivity index (χ1) is 16.3. The van der Waals surface area contributed by atoms with Crippen molar-refractivity contribution in [2.75, 3.05) is 0 Å². The van der Waals surface area contributed by atoms with Crippen LogP contribution in [0.2, 0.25) is 0 Å². The molecule has 0 heteroatoms. The summed E-state index contributed by atoms with van der Waals surface area (Å²) in [5, 5.41) is 0. The highest BCUT2D eigenvalue weighted by Crippen LogP contribution is 2.57. The van der Waals surface area contributed by atoms with Crippen LogP contribution in [0.25, 0.3) is 0 Å². The minimum absolute atomic E-state index is 0.709. The number of hydrogen-bond donors (Lipinski definition) is 0. The van der Waals surface area contributed by atoms with E-state index >= 15 is 0 Å². The Kier molecular flexibility index (Phi) is 16.7. The Morgan fingerprint density at radius 1 is 0.485 bits per heavy atom. The Morgan fingerprint density at radius 2 is 0.848 bits per heavy atom. The molecule has 0 aliphatic heterocycles. The lowest BCUT2D eigenvalue weighted by Gasteiger charge is -2.36. The molecule has 0 spiro atoms. The first-order valence-corrected chi connectivity index (χ1v) is 16.0. The normalized spacial score (nSPS) is 23.7. The average molecular weight is 459 g/mol. The summed E-state index contributed by atoms with van der Waals surface area (Å²) in [5.41, 5.74) is 0.709. The first-order valence-electron chi connectivity index (χ1n) is 16.0. The van der Waals surface area contributed by atoms with E-state index in [4.69, 9.17) is 0 Å². The van der Waals surface area contributed by atoms with Crippen molar-refractivity contribution in [3.8, 4) is 0 Å². The molecule has 1 fully saturated rings. The molecule has 0 aromatic carbocycles. The molecule has 2 rings (SSSR count). The summed E-state index contributed by atoms with van der Waals surface area (Å²) in [6.45, 7) is 4.64. The van der Waals surface area contributed by atoms with Gasteiger partial charge in [-0.25, -0.2) is 0 Å². The summed E-state index contributed by atoms with van der Waals surface area (Å²) >= 11 is 0. The highest BCUT2D eigenvalue weighted by Gasteiger charge is 2.46. The van der Waals surface area contributed by atoms with Gasteiger partial charge in [0.15, 0.2) is 0 Å². The standard InChI is InChI=1S/C33H62/c1-3-5-7-9-11-12-13-14-15-16-17-18-19-20-22-24-28-33(27-23-21-10-8-6-4-2)30-31-25-26-32(33)29-31/h25-26,31-32H,3-24,27-30H2,1-2H3. The van der Waals surface area contributed by atoms with Crippen molar-refractivity contribution in [2.45, 2.75) is 181 Å². The predicted octanol–water partition coefficient (Wildman–Crippen LogP) is 12.0. The summed E-state index contributed by atoms with van der Waals surface area (Å²) < 4.78 is 0. The predicted molar refractivity (Wildman–Crippen MR) is 150 cm³/mol. The van der Waals surface area contributed by atoms with Crippen LogP contribution in [-0.2, 0) is 0 Å². The molecule has 2 aliphatic rings. The van der Waals surface area contributed by atoms with Gasteiger partial charge in [0.1, 0.15) is 0 Å². The van der Waals surface area contributed by atoms with Crippen LogP contribution >= 0.6 is 0 Å². The van der Waals surface area contributed by atoms with E-state index in [1.165, 1.54) is 167 Å². The van der Waals surface area contributed by atoms with Crippen LogP contribution in [0.1, 0.15) is 181 Å². The van der Waals surface area contributed by atoms with Crippen molar-refractivity contribution in [3.63, 3.8) is 0 Å². The molecule has 0 aromatic heterocycles. The zero-order valence-electron chi connectivity index (χ0n) is 23.2. The molecule has 0 aromatic rings. The third-order valence-electron chi connectivity index (χ3n) is 9.18. The second kappa shape index (κ2) is 19.0. The summed E-state index contributed by atoms with van der Waals surface area (Å²) in [6, 6.07) is 0. The monoisotopic (exact) mass is 458 g/mol. The molecule has 33 heavy (non-hydrogen) atoms. The van der Waals surface area contributed by atoms with Crippen molar-refractivity contribution in [3.05, 3.63) is 12.2 Å². The van der Waals surface area contributed by atoms with Crippen molar-refractivity contribution >= 4 is 0 Å². The second-order valence-corrected chi connectivity index (χ2v) is 12.1. The minimum atomic E-state index is 0.709. The van der Waals surface area contributed by atoms with Gasteiger partial charge >= 0.3 is 0 Å². The number of fused-ring (bicyclic) bond motifs is 2. The zero-order chi connectivity index (χ0) is 23.5. The largest absolute Gasteiger partial charge is 0.0851 e. The molecule has 1 saturated carbocycles. The third kappa shape index (κ3) is 12.3. The summed E-state index contributed by atoms with van der Waals surface area (Å²) in [4.78, 5) is 0. The lowest BCUT2D eigenvalue weighted by Crippen LogP contribution is -2.26. The van der Waals surface area contributed by atoms with Crippen LogP contribution in [-0.4, -0.2) is 0 Å². The Bertz CT molecular complexity index is 463. The Morgan fingerprint density at radius 3 is 1.15 bits per heavy atom. The van der Waals surface area contributed by atoms with Crippen molar-refractivity contribution in [1.29, 1.82) is 0 Å². The Balaban J connectivity index is 1.42. The van der Waals surface area contributed by atoms with E-state index in [0.29, 0.717) is 5.41 Å². The SMILES string of the molecule is CCCCCCCCCCCCCCCCCCC1(CCCCCCCC)CC2C=CC1C2. The van der Waals surface area contributed by atoms with Crippen LogP contribution in [0.5, 0.6) is 0 Å². The lowest BCUT2D eigenvalue weighted by atomic mass is 9.69. The van der Waals surface area contributed by atoms with Gasteiger partial charge in [-0.3, -0.25) is 0 Å². The van der Waals surface area contributed by atoms with Crippen molar-refractivity contribution < 1.29 is 0 Å². The van der Waals surface area contributed by atoms with Crippen LogP contribution in [0.3, 0.4) is 0 Å². The van der Waals surface area contributed by atoms with Gasteiger partial charge in [0.25, 0.3) is 0 Å². The van der Waals surface area contributed by atoms with Crippen LogP contribution in [0.4, 0.5) is 0 Å². The maximum atomic E-state index is 2.62. The van der Waals surface area contributed by atoms with Crippen molar-refractivity contribution in [2.24, 2.45) is 17.3 Å². The van der Waals surface area contributed by atoms with Crippen molar-refractivity contribution in [1.82, 2.24) is 0 Å². The van der Waals surface area contributed by atoms with E-state index in [1.54, 1.807) is 0 Å². The van der Waals surface area contributed by atoms with E-state index in [-0.39, 0.29) is 0 Å². The highest BCUT2D eigenvalue weighted by atomic mass is 14.5. The van der Waals surface area contributed by atoms with Gasteiger partial charge < -0.3 is 0 Å². The molecule has 0 nitrogen and oxygen atoms in total. The molecule has 2 aliphatic carbocycles. The first kappa shape index (κ1) is 29.0. The van der Waals surface area contributed by atoms with Crippen LogP contribution < -0.4 is 0 Å². The van der Waals surface area contributed by atoms with Gasteiger partial charge in [0, 0.05) is 0 Å². The minimum Gasteiger partial charge on any atom is -0.0851 e. The van der Waals surface area contributed by atoms with Gasteiger partial charge in [0.2, 0.25) is 0 Å². The smallest absolute Gasteiger partial charge is 0.0171 e. The number of allylic oxidation sites excluding steroid dienone is 2. The topological polar surface area (TPSA) is 0 Å². The fraction of sp³-hybridized carbons (Fsp3) is 0.939. The second-order valence-electron chi connectivity index (χ2n) is 12.1. The van der Waals surface area contributed by atoms with Gasteiger partial charge in [-0.05, 0) is 42.9 Å². The third-order valence-corrected chi connectivity index (χ3v) is 9.18. The molecule has 0 radical (unpaired) electrons. The number of unbranched alkanes of at least 4 members (excludes halogenated alkanes) is 20.